The lowest BCUT2D eigenvalue weighted by atomic mass is 10.0. The van der Waals surface area contributed by atoms with Gasteiger partial charge in [0, 0.05) is 0 Å². The molecule has 0 atom stereocenters. The van der Waals surface area contributed by atoms with Gasteiger partial charge in [-0.05, 0) is 31.0 Å². The van der Waals surface area contributed by atoms with Crippen molar-refractivity contribution in [3.8, 4) is 0 Å². The molecule has 0 aromatic heterocycles. The summed E-state index contributed by atoms with van der Waals surface area (Å²) in [6.45, 7) is 2.49. The van der Waals surface area contributed by atoms with Crippen molar-refractivity contribution in [3.63, 3.8) is 0 Å². The fourth-order valence-electron chi connectivity index (χ4n) is 1.66. The lowest BCUT2D eigenvalue weighted by molar-refractivity contribution is 0.105. The molecule has 0 amide bonds. The van der Waals surface area contributed by atoms with E-state index >= 15 is 0 Å². The van der Waals surface area contributed by atoms with Crippen LogP contribution in [0.3, 0.4) is 0 Å². The quantitative estimate of drug-likeness (QED) is 0.550. The van der Waals surface area contributed by atoms with Gasteiger partial charge in [-0.1, -0.05) is 13.0 Å². The first kappa shape index (κ1) is 15.9. The van der Waals surface area contributed by atoms with Gasteiger partial charge in [0.25, 0.3) is 0 Å². The van der Waals surface area contributed by atoms with Gasteiger partial charge in [-0.25, -0.2) is 13.1 Å². The monoisotopic (exact) mass is 288 g/mol. The van der Waals surface area contributed by atoms with Gasteiger partial charge in [-0.15, -0.1) is 0 Å². The Morgan fingerprint density at radius 1 is 1.32 bits per heavy atom. The summed E-state index contributed by atoms with van der Waals surface area (Å²) >= 11 is 0. The number of nitrogens with two attached hydrogens (primary N) is 1. The molecule has 0 saturated heterocycles. The van der Waals surface area contributed by atoms with Crippen LogP contribution in [0.15, 0.2) is 23.1 Å². The van der Waals surface area contributed by atoms with Crippen LogP contribution < -0.4 is 10.5 Å². The van der Waals surface area contributed by atoms with E-state index in [-0.39, 0.29) is 17.0 Å². The van der Waals surface area contributed by atoms with Crippen molar-refractivity contribution in [2.24, 2.45) is 0 Å². The summed E-state index contributed by atoms with van der Waals surface area (Å²) in [5.74, 6) is 0. The smallest absolute Gasteiger partial charge is 0.243 e. The van der Waals surface area contributed by atoms with Gasteiger partial charge in [0.05, 0.1) is 24.4 Å². The Bertz CT molecular complexity index is 530. The Labute approximate surface area is 113 Å². The summed E-state index contributed by atoms with van der Waals surface area (Å²) in [6, 6.07) is 4.60. The molecule has 108 valence electrons. The van der Waals surface area contributed by atoms with Crippen molar-refractivity contribution in [1.29, 1.82) is 0 Å². The molecule has 0 aliphatic rings. The zero-order valence-electron chi connectivity index (χ0n) is 11.0. The van der Waals surface area contributed by atoms with Crippen molar-refractivity contribution >= 4 is 15.7 Å². The fraction of sp³-hybridized carbons (Fsp3) is 0.500. The van der Waals surface area contributed by atoms with Crippen LogP contribution in [0.4, 0.5) is 5.69 Å². The summed E-state index contributed by atoms with van der Waals surface area (Å²) in [5.41, 5.74) is 5.41. The Morgan fingerprint density at radius 2 is 1.89 bits per heavy atom. The third kappa shape index (κ3) is 3.44. The normalized spacial score (nSPS) is 12.6. The first-order chi connectivity index (χ1) is 8.80. The number of nitrogen functional groups attached to an aromatic ring is 1. The molecule has 7 heteroatoms. The number of aliphatic hydroxyl groups excluding tert-OH is 2. The number of anilines is 1. The Morgan fingerprint density at radius 3 is 2.32 bits per heavy atom. The molecule has 0 heterocycles. The van der Waals surface area contributed by atoms with Crippen LogP contribution in [0.25, 0.3) is 0 Å². The highest BCUT2D eigenvalue weighted by Crippen LogP contribution is 2.22. The Hall–Kier alpha value is -1.15. The molecule has 0 bridgehead atoms. The average Bonchev–Trinajstić information content (AvgIpc) is 2.35. The van der Waals surface area contributed by atoms with Crippen molar-refractivity contribution in [1.82, 2.24) is 4.72 Å². The molecule has 5 N–H and O–H groups in total. The number of sulfonamides is 1. The lowest BCUT2D eigenvalue weighted by Gasteiger charge is -2.29. The molecule has 0 radical (unpaired) electrons. The molecule has 0 aliphatic heterocycles. The minimum atomic E-state index is -3.90. The molecule has 0 unspecified atom stereocenters. The van der Waals surface area contributed by atoms with E-state index in [2.05, 4.69) is 4.72 Å². The van der Waals surface area contributed by atoms with E-state index in [1.165, 1.54) is 6.07 Å². The van der Waals surface area contributed by atoms with E-state index in [1.54, 1.807) is 26.0 Å². The molecule has 1 rings (SSSR count). The van der Waals surface area contributed by atoms with E-state index in [4.69, 9.17) is 5.73 Å². The Balaban J connectivity index is 3.17. The molecular weight excluding hydrogens is 268 g/mol. The van der Waals surface area contributed by atoms with Crippen molar-refractivity contribution in [2.45, 2.75) is 30.7 Å². The fourth-order valence-corrected chi connectivity index (χ4v) is 3.23. The van der Waals surface area contributed by atoms with Gasteiger partial charge < -0.3 is 15.9 Å². The van der Waals surface area contributed by atoms with Crippen molar-refractivity contribution in [3.05, 3.63) is 23.8 Å². The molecule has 1 aromatic carbocycles. The van der Waals surface area contributed by atoms with Gasteiger partial charge >= 0.3 is 0 Å². The van der Waals surface area contributed by atoms with E-state index in [0.717, 1.165) is 5.56 Å². The zero-order chi connectivity index (χ0) is 14.7. The molecule has 0 saturated carbocycles. The van der Waals surface area contributed by atoms with Gasteiger partial charge in [0.15, 0.2) is 0 Å². The zero-order valence-corrected chi connectivity index (χ0v) is 11.9. The standard InChI is InChI=1S/C12H20N2O4S/c1-3-12(7-15,8-16)14-19(17,18)11-5-4-9(2)6-10(11)13/h4-6,14-16H,3,7-8,13H2,1-2H3. The van der Waals surface area contributed by atoms with Crippen LogP contribution in [0, 0.1) is 6.92 Å². The largest absolute Gasteiger partial charge is 0.398 e. The van der Waals surface area contributed by atoms with E-state index in [0.29, 0.717) is 0 Å². The maximum Gasteiger partial charge on any atom is 0.243 e. The third-order valence-corrected chi connectivity index (χ3v) is 4.74. The second kappa shape index (κ2) is 5.87. The van der Waals surface area contributed by atoms with Crippen LogP contribution in [0.1, 0.15) is 18.9 Å². The number of aliphatic hydroxyl groups is 2. The van der Waals surface area contributed by atoms with E-state index < -0.39 is 28.8 Å². The third-order valence-electron chi connectivity index (χ3n) is 3.09. The summed E-state index contributed by atoms with van der Waals surface area (Å²) in [5, 5.41) is 18.6. The molecule has 1 aromatic rings. The molecule has 0 fully saturated rings. The molecule has 0 aliphatic carbocycles. The maximum atomic E-state index is 12.2. The molecule has 19 heavy (non-hydrogen) atoms. The number of hydrogen-bond donors (Lipinski definition) is 4. The molecule has 6 nitrogen and oxygen atoms in total. The predicted molar refractivity (Wildman–Crippen MR) is 73.1 cm³/mol. The lowest BCUT2D eigenvalue weighted by Crippen LogP contribution is -2.53. The van der Waals surface area contributed by atoms with E-state index in [9.17, 15) is 18.6 Å². The van der Waals surface area contributed by atoms with Crippen LogP contribution >= 0.6 is 0 Å². The minimum absolute atomic E-state index is 0.0576. The number of benzene rings is 1. The molecule has 0 spiro atoms. The Kier molecular flexibility index (Phi) is 4.92. The van der Waals surface area contributed by atoms with Crippen LogP contribution in [-0.4, -0.2) is 37.4 Å². The highest BCUT2D eigenvalue weighted by atomic mass is 32.2. The molecular formula is C12H20N2O4S. The van der Waals surface area contributed by atoms with Crippen LogP contribution in [-0.2, 0) is 10.0 Å². The predicted octanol–water partition coefficient (Wildman–Crippen LogP) is -0.0111. The average molecular weight is 288 g/mol. The van der Waals surface area contributed by atoms with E-state index in [1.807, 2.05) is 0 Å². The SMILES string of the molecule is CCC(CO)(CO)NS(=O)(=O)c1ccc(C)cc1N. The summed E-state index contributed by atoms with van der Waals surface area (Å²) in [7, 11) is -3.90. The summed E-state index contributed by atoms with van der Waals surface area (Å²) in [4.78, 5) is -0.0576. The minimum Gasteiger partial charge on any atom is -0.398 e. The van der Waals surface area contributed by atoms with Gasteiger partial charge in [-0.3, -0.25) is 0 Å². The maximum absolute atomic E-state index is 12.2. The first-order valence-corrected chi connectivity index (χ1v) is 7.40. The second-order valence-corrected chi connectivity index (χ2v) is 6.25. The topological polar surface area (TPSA) is 113 Å². The highest BCUT2D eigenvalue weighted by molar-refractivity contribution is 7.89. The number of aryl methyl sites for hydroxylation is 1. The van der Waals surface area contributed by atoms with Crippen molar-refractivity contribution in [2.75, 3.05) is 18.9 Å². The van der Waals surface area contributed by atoms with Gasteiger partial charge in [-0.2, -0.15) is 0 Å². The van der Waals surface area contributed by atoms with Gasteiger partial charge in [0.2, 0.25) is 10.0 Å². The first-order valence-electron chi connectivity index (χ1n) is 5.92. The second-order valence-electron chi connectivity index (χ2n) is 4.60. The number of nitrogens with one attached hydrogen (secondary N) is 1. The number of rotatable bonds is 6. The van der Waals surface area contributed by atoms with Crippen LogP contribution in [0.2, 0.25) is 0 Å². The van der Waals surface area contributed by atoms with Crippen LogP contribution in [0.5, 0.6) is 0 Å². The summed E-state index contributed by atoms with van der Waals surface area (Å²) in [6.07, 6.45) is 0.255. The van der Waals surface area contributed by atoms with Gasteiger partial charge in [0.1, 0.15) is 4.90 Å². The summed E-state index contributed by atoms with van der Waals surface area (Å²) < 4.78 is 26.8. The highest BCUT2D eigenvalue weighted by Gasteiger charge is 2.33. The van der Waals surface area contributed by atoms with Crippen molar-refractivity contribution < 1.29 is 18.6 Å². The number of hydrogen-bond acceptors (Lipinski definition) is 5.